The summed E-state index contributed by atoms with van der Waals surface area (Å²) < 4.78 is 4.15. The molecule has 1 amide bonds. The summed E-state index contributed by atoms with van der Waals surface area (Å²) in [6, 6.07) is 8.14. The Morgan fingerprint density at radius 1 is 1.19 bits per heavy atom. The zero-order valence-corrected chi connectivity index (χ0v) is 22.3. The molecule has 0 bridgehead atoms. The molecule has 198 valence electrons. The fourth-order valence-corrected chi connectivity index (χ4v) is 3.80. The van der Waals surface area contributed by atoms with E-state index >= 15 is 0 Å². The molecule has 1 heterocycles. The quantitative estimate of drug-likeness (QED) is 0.223. The Labute approximate surface area is 216 Å². The largest absolute Gasteiger partial charge is 0.468 e. The summed E-state index contributed by atoms with van der Waals surface area (Å²) in [5.74, 6) is 5.41. The third kappa shape index (κ3) is 9.93. The number of piperidine rings is 1. The number of aliphatic hydroxyl groups excluding tert-OH is 1. The lowest BCUT2D eigenvalue weighted by molar-refractivity contribution is -0.132. The van der Waals surface area contributed by atoms with Gasteiger partial charge < -0.3 is 14.7 Å². The highest BCUT2D eigenvalue weighted by atomic mass is 16.5. The number of nitrogens with one attached hydrogen (secondary N) is 1. The number of carbonyl (C=O) groups is 2. The van der Waals surface area contributed by atoms with E-state index in [1.807, 2.05) is 11.0 Å². The molecule has 0 radical (unpaired) electrons. The molecule has 0 aromatic heterocycles. The van der Waals surface area contributed by atoms with Crippen molar-refractivity contribution in [1.29, 1.82) is 0 Å². The van der Waals surface area contributed by atoms with Crippen LogP contribution in [0.3, 0.4) is 0 Å². The molecule has 0 spiro atoms. The lowest BCUT2D eigenvalue weighted by Crippen LogP contribution is -2.44. The first-order chi connectivity index (χ1) is 17.4. The SMILES string of the molecule is C=CCC.CC1=CC(=C2CCN(C(=O)C[C@H](CO)NN)CC2)c2ccccc2C=C1C.CCOC=O. The minimum Gasteiger partial charge on any atom is -0.468 e. The van der Waals surface area contributed by atoms with Gasteiger partial charge in [0.25, 0.3) is 6.47 Å². The Morgan fingerprint density at radius 3 is 2.31 bits per heavy atom. The molecule has 3 rings (SSSR count). The summed E-state index contributed by atoms with van der Waals surface area (Å²) in [4.78, 5) is 23.5. The number of hydrogen-bond acceptors (Lipinski definition) is 6. The minimum atomic E-state index is -0.384. The second-order valence-corrected chi connectivity index (χ2v) is 8.64. The van der Waals surface area contributed by atoms with E-state index in [0.29, 0.717) is 26.2 Å². The highest BCUT2D eigenvalue weighted by Gasteiger charge is 2.24. The van der Waals surface area contributed by atoms with Gasteiger partial charge in [-0.15, -0.1) is 6.58 Å². The highest BCUT2D eigenvalue weighted by Crippen LogP contribution is 2.35. The number of likely N-dealkylation sites (tertiary alicyclic amines) is 1. The van der Waals surface area contributed by atoms with Crippen molar-refractivity contribution in [3.8, 4) is 0 Å². The van der Waals surface area contributed by atoms with Crippen LogP contribution in [0.2, 0.25) is 0 Å². The van der Waals surface area contributed by atoms with Crippen molar-refractivity contribution in [2.75, 3.05) is 26.3 Å². The van der Waals surface area contributed by atoms with E-state index in [1.54, 1.807) is 6.92 Å². The molecule has 1 aromatic carbocycles. The van der Waals surface area contributed by atoms with Crippen molar-refractivity contribution < 1.29 is 19.4 Å². The average molecular weight is 498 g/mol. The Bertz CT molecular complexity index is 936. The van der Waals surface area contributed by atoms with E-state index in [1.165, 1.54) is 33.4 Å². The fourth-order valence-electron chi connectivity index (χ4n) is 3.80. The molecule has 0 unspecified atom stereocenters. The molecule has 1 fully saturated rings. The summed E-state index contributed by atoms with van der Waals surface area (Å²) in [7, 11) is 0. The number of allylic oxidation sites excluding steroid dienone is 5. The number of hydrazine groups is 1. The second-order valence-electron chi connectivity index (χ2n) is 8.64. The van der Waals surface area contributed by atoms with Crippen LogP contribution in [0.5, 0.6) is 0 Å². The van der Waals surface area contributed by atoms with Gasteiger partial charge in [0, 0.05) is 19.5 Å². The van der Waals surface area contributed by atoms with E-state index in [4.69, 9.17) is 5.84 Å². The number of benzene rings is 1. The maximum atomic E-state index is 12.4. The number of aliphatic hydroxyl groups is 1. The van der Waals surface area contributed by atoms with Crippen LogP contribution < -0.4 is 11.3 Å². The van der Waals surface area contributed by atoms with Crippen LogP contribution in [0, 0.1) is 0 Å². The van der Waals surface area contributed by atoms with Gasteiger partial charge in [0.15, 0.2) is 0 Å². The van der Waals surface area contributed by atoms with Crippen molar-refractivity contribution in [3.05, 3.63) is 70.8 Å². The first kappa shape index (κ1) is 31.0. The first-order valence-electron chi connectivity index (χ1n) is 12.6. The molecule has 36 heavy (non-hydrogen) atoms. The average Bonchev–Trinajstić information content (AvgIpc) is 3.03. The summed E-state index contributed by atoms with van der Waals surface area (Å²) in [5.41, 5.74) is 10.3. The molecule has 7 heteroatoms. The predicted molar refractivity (Wildman–Crippen MR) is 148 cm³/mol. The zero-order chi connectivity index (χ0) is 26.9. The number of hydrogen-bond donors (Lipinski definition) is 3. The van der Waals surface area contributed by atoms with Crippen molar-refractivity contribution in [1.82, 2.24) is 10.3 Å². The number of nitrogens with two attached hydrogens (primary N) is 1. The smallest absolute Gasteiger partial charge is 0.293 e. The Morgan fingerprint density at radius 2 is 1.81 bits per heavy atom. The van der Waals surface area contributed by atoms with Gasteiger partial charge in [-0.25, -0.2) is 0 Å². The van der Waals surface area contributed by atoms with Crippen LogP contribution in [-0.2, 0) is 14.3 Å². The number of rotatable bonds is 7. The van der Waals surface area contributed by atoms with Gasteiger partial charge in [0.2, 0.25) is 5.91 Å². The maximum absolute atomic E-state index is 12.4. The summed E-state index contributed by atoms with van der Waals surface area (Å²) >= 11 is 0. The molecule has 7 nitrogen and oxygen atoms in total. The summed E-state index contributed by atoms with van der Waals surface area (Å²) in [5, 5.41) is 9.22. The minimum absolute atomic E-state index is 0.0431. The Balaban J connectivity index is 0.000000620. The van der Waals surface area contributed by atoms with Gasteiger partial charge in [-0.05, 0) is 67.9 Å². The Kier molecular flexibility index (Phi) is 15.0. The molecule has 0 saturated carbocycles. The van der Waals surface area contributed by atoms with Gasteiger partial charge in [-0.1, -0.05) is 55.0 Å². The highest BCUT2D eigenvalue weighted by molar-refractivity contribution is 5.86. The van der Waals surface area contributed by atoms with Gasteiger partial charge in [-0.2, -0.15) is 0 Å². The van der Waals surface area contributed by atoms with Gasteiger partial charge in [0.05, 0.1) is 19.3 Å². The Hall–Kier alpha value is -3.00. The van der Waals surface area contributed by atoms with E-state index < -0.39 is 0 Å². The van der Waals surface area contributed by atoms with Crippen molar-refractivity contribution in [2.24, 2.45) is 5.84 Å². The van der Waals surface area contributed by atoms with E-state index in [-0.39, 0.29) is 25.0 Å². The monoisotopic (exact) mass is 497 g/mol. The van der Waals surface area contributed by atoms with E-state index in [9.17, 15) is 14.7 Å². The van der Waals surface area contributed by atoms with Gasteiger partial charge >= 0.3 is 0 Å². The maximum Gasteiger partial charge on any atom is 0.293 e. The fraction of sp³-hybridized carbons (Fsp3) is 0.448. The molecule has 2 aliphatic rings. The number of carbonyl (C=O) groups excluding carboxylic acids is 2. The number of nitrogens with zero attached hydrogens (tertiary/aromatic N) is 1. The van der Waals surface area contributed by atoms with Gasteiger partial charge in [-0.3, -0.25) is 20.9 Å². The second kappa shape index (κ2) is 17.4. The normalized spacial score (nSPS) is 15.4. The predicted octanol–water partition coefficient (Wildman–Crippen LogP) is 4.40. The molecule has 4 N–H and O–H groups in total. The summed E-state index contributed by atoms with van der Waals surface area (Å²) in [6.07, 6.45) is 9.48. The number of amides is 1. The number of ether oxygens (including phenoxy) is 1. The molecule has 1 aliphatic carbocycles. The lowest BCUT2D eigenvalue weighted by atomic mass is 9.90. The van der Waals surface area contributed by atoms with E-state index in [2.05, 4.69) is 73.9 Å². The topological polar surface area (TPSA) is 105 Å². The first-order valence-corrected chi connectivity index (χ1v) is 12.6. The molecule has 1 aliphatic heterocycles. The molecule has 1 saturated heterocycles. The molecular weight excluding hydrogens is 454 g/mol. The summed E-state index contributed by atoms with van der Waals surface area (Å²) in [6.45, 7) is 13.8. The van der Waals surface area contributed by atoms with Crippen LogP contribution in [0.4, 0.5) is 0 Å². The van der Waals surface area contributed by atoms with Crippen LogP contribution >= 0.6 is 0 Å². The van der Waals surface area contributed by atoms with Crippen LogP contribution in [0.15, 0.2) is 59.7 Å². The standard InChI is InChI=1S/C22H29N3O2.C4H8.C3H6O2/c1-15-11-18-5-3-4-6-20(18)21(12-16(15)2)17-7-9-25(10-8-17)22(27)13-19(14-26)24-23;1-3-4-2;1-2-5-3-4/h3-6,11-12,19,24,26H,7-10,13-14,23H2,1-2H3;3H,1,4H2,2H3;3H,2H2,1H3/t19-;;/m1../s1. The molecule has 1 aromatic rings. The van der Waals surface area contributed by atoms with E-state index in [0.717, 1.165) is 19.3 Å². The third-order valence-electron chi connectivity index (χ3n) is 6.11. The van der Waals surface area contributed by atoms with Crippen LogP contribution in [0.25, 0.3) is 11.6 Å². The van der Waals surface area contributed by atoms with Crippen molar-refractivity contribution >= 4 is 24.0 Å². The number of fused-ring (bicyclic) bond motifs is 1. The molecule has 1 atom stereocenters. The molecular formula is C29H43N3O4. The zero-order valence-electron chi connectivity index (χ0n) is 22.3. The van der Waals surface area contributed by atoms with Gasteiger partial charge in [0.1, 0.15) is 0 Å². The van der Waals surface area contributed by atoms with Crippen LogP contribution in [0.1, 0.15) is 64.5 Å². The van der Waals surface area contributed by atoms with Crippen molar-refractivity contribution in [2.45, 2.75) is 59.4 Å². The third-order valence-corrected chi connectivity index (χ3v) is 6.11. The lowest BCUT2D eigenvalue weighted by Gasteiger charge is -2.31. The van der Waals surface area contributed by atoms with Crippen molar-refractivity contribution in [3.63, 3.8) is 0 Å². The van der Waals surface area contributed by atoms with Crippen LogP contribution in [-0.4, -0.2) is 54.7 Å².